The van der Waals surface area contributed by atoms with E-state index in [-0.39, 0.29) is 0 Å². The van der Waals surface area contributed by atoms with Gasteiger partial charge in [-0.1, -0.05) is 19.9 Å². The van der Waals surface area contributed by atoms with Crippen LogP contribution in [0.2, 0.25) is 0 Å². The highest BCUT2D eigenvalue weighted by atomic mass is 16.1. The van der Waals surface area contributed by atoms with E-state index in [9.17, 15) is 4.79 Å². The molecule has 0 saturated heterocycles. The molecule has 0 fully saturated rings. The van der Waals surface area contributed by atoms with E-state index < -0.39 is 0 Å². The maximum Gasteiger partial charge on any atom is 0.152 e. The number of aromatic amines is 1. The topological polar surface area (TPSA) is 45.8 Å². The van der Waals surface area contributed by atoms with Gasteiger partial charge in [-0.3, -0.25) is 9.78 Å². The summed E-state index contributed by atoms with van der Waals surface area (Å²) in [5, 5.41) is 0.977. The summed E-state index contributed by atoms with van der Waals surface area (Å²) in [6.07, 6.45) is 4.41. The van der Waals surface area contributed by atoms with Crippen LogP contribution in [-0.4, -0.2) is 16.3 Å². The SMILES string of the molecule is CC(C)c1ccc2[nH]c(-c3cccnc3)c(C=O)c2c1. The highest BCUT2D eigenvalue weighted by Gasteiger charge is 2.13. The minimum absolute atomic E-state index is 0.440. The summed E-state index contributed by atoms with van der Waals surface area (Å²) in [5.74, 6) is 0.440. The number of carbonyl (C=O) groups excluding carboxylic acids is 1. The standard InChI is InChI=1S/C17H16N2O/c1-11(2)12-5-6-16-14(8-12)15(10-20)17(19-16)13-4-3-7-18-9-13/h3-11,19H,1-2H3. The first-order chi connectivity index (χ1) is 9.70. The number of hydrogen-bond acceptors (Lipinski definition) is 2. The number of aromatic nitrogens is 2. The molecule has 3 aromatic rings. The fourth-order valence-electron chi connectivity index (χ4n) is 2.45. The number of carbonyl (C=O) groups is 1. The minimum Gasteiger partial charge on any atom is -0.354 e. The Bertz CT molecular complexity index is 757. The van der Waals surface area contributed by atoms with Crippen molar-refractivity contribution >= 4 is 17.2 Å². The Hall–Kier alpha value is -2.42. The maximum absolute atomic E-state index is 11.5. The smallest absolute Gasteiger partial charge is 0.152 e. The van der Waals surface area contributed by atoms with Gasteiger partial charge in [0, 0.05) is 34.4 Å². The molecule has 0 atom stereocenters. The van der Waals surface area contributed by atoms with E-state index in [0.29, 0.717) is 11.5 Å². The minimum atomic E-state index is 0.440. The monoisotopic (exact) mass is 264 g/mol. The van der Waals surface area contributed by atoms with Gasteiger partial charge in [0.05, 0.1) is 5.69 Å². The molecule has 0 aliphatic heterocycles. The van der Waals surface area contributed by atoms with Crippen molar-refractivity contribution in [2.45, 2.75) is 19.8 Å². The molecule has 20 heavy (non-hydrogen) atoms. The average Bonchev–Trinajstić information content (AvgIpc) is 2.85. The molecule has 0 aliphatic rings. The van der Waals surface area contributed by atoms with Crippen LogP contribution in [0.15, 0.2) is 42.7 Å². The number of rotatable bonds is 3. The number of benzene rings is 1. The fraction of sp³-hybridized carbons (Fsp3) is 0.176. The van der Waals surface area contributed by atoms with Crippen LogP contribution in [0.1, 0.15) is 35.7 Å². The van der Waals surface area contributed by atoms with Gasteiger partial charge < -0.3 is 4.98 Å². The summed E-state index contributed by atoms with van der Waals surface area (Å²) in [5.41, 5.74) is 4.68. The van der Waals surface area contributed by atoms with Crippen LogP contribution >= 0.6 is 0 Å². The number of H-pyrrole nitrogens is 1. The first kappa shape index (κ1) is 12.6. The Morgan fingerprint density at radius 3 is 2.75 bits per heavy atom. The lowest BCUT2D eigenvalue weighted by atomic mass is 10.00. The molecule has 2 aromatic heterocycles. The largest absolute Gasteiger partial charge is 0.354 e. The van der Waals surface area contributed by atoms with Crippen molar-refractivity contribution in [2.24, 2.45) is 0 Å². The zero-order valence-electron chi connectivity index (χ0n) is 11.6. The van der Waals surface area contributed by atoms with Crippen LogP contribution in [-0.2, 0) is 0 Å². The Morgan fingerprint density at radius 2 is 2.10 bits per heavy atom. The zero-order chi connectivity index (χ0) is 14.1. The molecule has 0 radical (unpaired) electrons. The maximum atomic E-state index is 11.5. The normalized spacial score (nSPS) is 11.2. The molecule has 3 rings (SSSR count). The van der Waals surface area contributed by atoms with Crippen molar-refractivity contribution in [3.05, 3.63) is 53.9 Å². The second-order valence-corrected chi connectivity index (χ2v) is 5.23. The average molecular weight is 264 g/mol. The van der Waals surface area contributed by atoms with Crippen LogP contribution in [0.5, 0.6) is 0 Å². The lowest BCUT2D eigenvalue weighted by Gasteiger charge is -2.04. The summed E-state index contributed by atoms with van der Waals surface area (Å²) in [6.45, 7) is 4.30. The van der Waals surface area contributed by atoms with Gasteiger partial charge in [0.1, 0.15) is 0 Å². The van der Waals surface area contributed by atoms with E-state index in [1.165, 1.54) is 5.56 Å². The molecule has 0 unspecified atom stereocenters. The predicted octanol–water partition coefficient (Wildman–Crippen LogP) is 4.17. The quantitative estimate of drug-likeness (QED) is 0.722. The Kier molecular flexibility index (Phi) is 3.11. The number of fused-ring (bicyclic) bond motifs is 1. The first-order valence-electron chi connectivity index (χ1n) is 6.72. The van der Waals surface area contributed by atoms with E-state index in [2.05, 4.69) is 35.9 Å². The van der Waals surface area contributed by atoms with Gasteiger partial charge in [0.2, 0.25) is 0 Å². The lowest BCUT2D eigenvalue weighted by molar-refractivity contribution is 0.112. The van der Waals surface area contributed by atoms with Gasteiger partial charge >= 0.3 is 0 Å². The second kappa shape index (κ2) is 4.93. The van der Waals surface area contributed by atoms with Gasteiger partial charge in [-0.15, -0.1) is 0 Å². The van der Waals surface area contributed by atoms with Crippen LogP contribution in [0, 0.1) is 0 Å². The van der Waals surface area contributed by atoms with Gasteiger partial charge in [-0.2, -0.15) is 0 Å². The van der Waals surface area contributed by atoms with Gasteiger partial charge in [-0.25, -0.2) is 0 Å². The first-order valence-corrected chi connectivity index (χ1v) is 6.72. The van der Waals surface area contributed by atoms with Crippen molar-refractivity contribution in [1.29, 1.82) is 0 Å². The van der Waals surface area contributed by atoms with E-state index in [1.807, 2.05) is 18.2 Å². The summed E-state index contributed by atoms with van der Waals surface area (Å²) < 4.78 is 0. The Labute approximate surface area is 117 Å². The molecule has 0 aliphatic carbocycles. The molecule has 0 bridgehead atoms. The van der Waals surface area contributed by atoms with E-state index >= 15 is 0 Å². The summed E-state index contributed by atoms with van der Waals surface area (Å²) in [7, 11) is 0. The molecular formula is C17H16N2O. The molecule has 3 heteroatoms. The summed E-state index contributed by atoms with van der Waals surface area (Å²) in [6, 6.07) is 10.1. The zero-order valence-corrected chi connectivity index (χ0v) is 11.6. The third-order valence-corrected chi connectivity index (χ3v) is 3.60. The second-order valence-electron chi connectivity index (χ2n) is 5.23. The molecule has 0 spiro atoms. The van der Waals surface area contributed by atoms with Gasteiger partial charge in [0.15, 0.2) is 6.29 Å². The third-order valence-electron chi connectivity index (χ3n) is 3.60. The van der Waals surface area contributed by atoms with Gasteiger partial charge in [0.25, 0.3) is 0 Å². The molecule has 3 nitrogen and oxygen atoms in total. The van der Waals surface area contributed by atoms with Crippen molar-refractivity contribution < 1.29 is 4.79 Å². The van der Waals surface area contributed by atoms with E-state index in [4.69, 9.17) is 0 Å². The van der Waals surface area contributed by atoms with E-state index in [1.54, 1.807) is 12.4 Å². The van der Waals surface area contributed by atoms with Crippen LogP contribution in [0.4, 0.5) is 0 Å². The fourth-order valence-corrected chi connectivity index (χ4v) is 2.45. The third kappa shape index (κ3) is 2.01. The van der Waals surface area contributed by atoms with E-state index in [0.717, 1.165) is 28.4 Å². The Balaban J connectivity index is 2.27. The molecule has 1 N–H and O–H groups in total. The number of nitrogens with one attached hydrogen (secondary N) is 1. The lowest BCUT2D eigenvalue weighted by Crippen LogP contribution is -1.87. The molecule has 1 aromatic carbocycles. The number of aldehydes is 1. The number of nitrogens with zero attached hydrogens (tertiary/aromatic N) is 1. The number of hydrogen-bond donors (Lipinski definition) is 1. The summed E-state index contributed by atoms with van der Waals surface area (Å²) in [4.78, 5) is 19.0. The molecular weight excluding hydrogens is 248 g/mol. The van der Waals surface area contributed by atoms with Crippen LogP contribution < -0.4 is 0 Å². The molecule has 0 saturated carbocycles. The van der Waals surface area contributed by atoms with Gasteiger partial charge in [-0.05, 0) is 35.7 Å². The highest BCUT2D eigenvalue weighted by Crippen LogP contribution is 2.30. The predicted molar refractivity (Wildman–Crippen MR) is 81.0 cm³/mol. The highest BCUT2D eigenvalue weighted by molar-refractivity contribution is 6.04. The molecule has 100 valence electrons. The molecule has 0 amide bonds. The van der Waals surface area contributed by atoms with Crippen molar-refractivity contribution in [2.75, 3.05) is 0 Å². The van der Waals surface area contributed by atoms with Crippen LogP contribution in [0.25, 0.3) is 22.2 Å². The number of pyridine rings is 1. The summed E-state index contributed by atoms with van der Waals surface area (Å²) >= 11 is 0. The Morgan fingerprint density at radius 1 is 1.25 bits per heavy atom. The molecule has 2 heterocycles. The van der Waals surface area contributed by atoms with Crippen molar-refractivity contribution in [3.63, 3.8) is 0 Å². The van der Waals surface area contributed by atoms with Crippen molar-refractivity contribution in [1.82, 2.24) is 9.97 Å². The van der Waals surface area contributed by atoms with Crippen LogP contribution in [0.3, 0.4) is 0 Å². The van der Waals surface area contributed by atoms with Crippen molar-refractivity contribution in [3.8, 4) is 11.3 Å².